The number of aliphatic hydroxyl groups excluding tert-OH is 2. The molecule has 0 spiro atoms. The van der Waals surface area contributed by atoms with Crippen molar-refractivity contribution in [2.45, 2.75) is 0 Å². The molecule has 0 atom stereocenters. The Labute approximate surface area is 121 Å². The van der Waals surface area contributed by atoms with E-state index < -0.39 is 0 Å². The maximum Gasteiger partial charge on any atom is 0.124 e. The summed E-state index contributed by atoms with van der Waals surface area (Å²) in [7, 11) is 1.78. The quantitative estimate of drug-likeness (QED) is 0.702. The van der Waals surface area contributed by atoms with Gasteiger partial charge >= 0.3 is 0 Å². The third-order valence-corrected chi connectivity index (χ3v) is 3.41. The molecule has 7 heteroatoms. The van der Waals surface area contributed by atoms with E-state index in [-0.39, 0.29) is 13.2 Å². The number of aromatic nitrogens is 4. The van der Waals surface area contributed by atoms with Crippen molar-refractivity contribution < 1.29 is 10.2 Å². The standard InChI is InChI=1S/C14H17N5O2/c1-18-16-11-3-2-10-13(14(11)17-18)12(4-5-15-10)19(6-8-20)7-9-21/h2-5,20-21H,6-9H2,1H3. The third-order valence-electron chi connectivity index (χ3n) is 3.41. The SMILES string of the molecule is Cn1nc2ccc3nccc(N(CCO)CCO)c3c2n1. The number of anilines is 1. The van der Waals surface area contributed by atoms with Crippen molar-refractivity contribution in [3.05, 3.63) is 24.4 Å². The molecule has 2 aromatic heterocycles. The number of hydrogen-bond donors (Lipinski definition) is 2. The summed E-state index contributed by atoms with van der Waals surface area (Å²) in [6.07, 6.45) is 1.72. The monoisotopic (exact) mass is 287 g/mol. The van der Waals surface area contributed by atoms with Gasteiger partial charge in [-0.1, -0.05) is 0 Å². The Balaban J connectivity index is 2.27. The van der Waals surface area contributed by atoms with E-state index in [0.717, 1.165) is 27.6 Å². The predicted octanol–water partition coefficient (Wildman–Crippen LogP) is 0.307. The molecule has 0 radical (unpaired) electrons. The van der Waals surface area contributed by atoms with E-state index in [0.29, 0.717) is 13.1 Å². The van der Waals surface area contributed by atoms with Crippen LogP contribution in [0.5, 0.6) is 0 Å². The predicted molar refractivity (Wildman–Crippen MR) is 80.2 cm³/mol. The highest BCUT2D eigenvalue weighted by molar-refractivity contribution is 6.09. The van der Waals surface area contributed by atoms with Gasteiger partial charge in [-0.25, -0.2) is 0 Å². The molecule has 21 heavy (non-hydrogen) atoms. The van der Waals surface area contributed by atoms with E-state index in [4.69, 9.17) is 0 Å². The second-order valence-corrected chi connectivity index (χ2v) is 4.78. The highest BCUT2D eigenvalue weighted by Gasteiger charge is 2.15. The first kappa shape index (κ1) is 13.7. The Morgan fingerprint density at radius 3 is 2.48 bits per heavy atom. The van der Waals surface area contributed by atoms with Gasteiger partial charge < -0.3 is 15.1 Å². The van der Waals surface area contributed by atoms with Gasteiger partial charge in [-0.05, 0) is 18.2 Å². The van der Waals surface area contributed by atoms with E-state index in [2.05, 4.69) is 15.2 Å². The van der Waals surface area contributed by atoms with Gasteiger partial charge in [0.25, 0.3) is 0 Å². The lowest BCUT2D eigenvalue weighted by Gasteiger charge is -2.24. The van der Waals surface area contributed by atoms with E-state index in [1.807, 2.05) is 23.1 Å². The number of aryl methyl sites for hydroxylation is 1. The number of aliphatic hydroxyl groups is 2. The van der Waals surface area contributed by atoms with Crippen molar-refractivity contribution in [2.24, 2.45) is 7.05 Å². The molecule has 110 valence electrons. The van der Waals surface area contributed by atoms with E-state index in [1.165, 1.54) is 4.80 Å². The molecule has 2 heterocycles. The van der Waals surface area contributed by atoms with Crippen molar-refractivity contribution in [3.8, 4) is 0 Å². The van der Waals surface area contributed by atoms with Crippen LogP contribution >= 0.6 is 0 Å². The topological polar surface area (TPSA) is 87.3 Å². The zero-order chi connectivity index (χ0) is 14.8. The van der Waals surface area contributed by atoms with Crippen LogP contribution in [0.2, 0.25) is 0 Å². The van der Waals surface area contributed by atoms with E-state index >= 15 is 0 Å². The summed E-state index contributed by atoms with van der Waals surface area (Å²) in [6.45, 7) is 0.910. The average Bonchev–Trinajstić information content (AvgIpc) is 2.87. The highest BCUT2D eigenvalue weighted by Crippen LogP contribution is 2.30. The average molecular weight is 287 g/mol. The molecular formula is C14H17N5O2. The molecule has 0 saturated heterocycles. The van der Waals surface area contributed by atoms with Crippen LogP contribution in [0.3, 0.4) is 0 Å². The van der Waals surface area contributed by atoms with Crippen LogP contribution < -0.4 is 4.90 Å². The number of fused-ring (bicyclic) bond motifs is 3. The normalized spacial score (nSPS) is 11.4. The van der Waals surface area contributed by atoms with Gasteiger partial charge in [-0.15, -0.1) is 0 Å². The summed E-state index contributed by atoms with van der Waals surface area (Å²) in [4.78, 5) is 7.83. The molecule has 1 aromatic carbocycles. The molecule has 0 saturated carbocycles. The van der Waals surface area contributed by atoms with Crippen LogP contribution in [-0.4, -0.2) is 56.5 Å². The second kappa shape index (κ2) is 5.63. The molecule has 0 aliphatic heterocycles. The van der Waals surface area contributed by atoms with Gasteiger partial charge in [-0.2, -0.15) is 15.0 Å². The lowest BCUT2D eigenvalue weighted by molar-refractivity contribution is 0.281. The number of benzene rings is 1. The summed E-state index contributed by atoms with van der Waals surface area (Å²) in [5.41, 5.74) is 3.29. The minimum atomic E-state index is 0.0141. The molecule has 3 rings (SSSR count). The number of rotatable bonds is 5. The molecule has 0 unspecified atom stereocenters. The number of hydrogen-bond acceptors (Lipinski definition) is 6. The van der Waals surface area contributed by atoms with Crippen LogP contribution in [0.4, 0.5) is 5.69 Å². The van der Waals surface area contributed by atoms with Crippen LogP contribution in [-0.2, 0) is 7.05 Å². The summed E-state index contributed by atoms with van der Waals surface area (Å²) >= 11 is 0. The van der Waals surface area contributed by atoms with Crippen LogP contribution in [0.1, 0.15) is 0 Å². The molecule has 0 bridgehead atoms. The Hall–Kier alpha value is -2.25. The molecular weight excluding hydrogens is 270 g/mol. The lowest BCUT2D eigenvalue weighted by atomic mass is 10.1. The molecule has 2 N–H and O–H groups in total. The van der Waals surface area contributed by atoms with Crippen LogP contribution in [0, 0.1) is 0 Å². The van der Waals surface area contributed by atoms with Crippen molar-refractivity contribution in [1.82, 2.24) is 20.0 Å². The smallest absolute Gasteiger partial charge is 0.124 e. The molecule has 0 amide bonds. The van der Waals surface area contributed by atoms with Gasteiger partial charge in [0.1, 0.15) is 11.0 Å². The first-order valence-electron chi connectivity index (χ1n) is 6.80. The fraction of sp³-hybridized carbons (Fsp3) is 0.357. The molecule has 0 fully saturated rings. The first-order valence-corrected chi connectivity index (χ1v) is 6.80. The lowest BCUT2D eigenvalue weighted by Crippen LogP contribution is -2.29. The Kier molecular flexibility index (Phi) is 3.68. The van der Waals surface area contributed by atoms with Crippen molar-refractivity contribution in [1.29, 1.82) is 0 Å². The minimum absolute atomic E-state index is 0.0141. The highest BCUT2D eigenvalue weighted by atomic mass is 16.3. The van der Waals surface area contributed by atoms with Gasteiger partial charge in [0.2, 0.25) is 0 Å². The zero-order valence-electron chi connectivity index (χ0n) is 11.8. The molecule has 7 nitrogen and oxygen atoms in total. The summed E-state index contributed by atoms with van der Waals surface area (Å²) in [5.74, 6) is 0. The largest absolute Gasteiger partial charge is 0.395 e. The number of pyridine rings is 1. The van der Waals surface area contributed by atoms with Crippen LogP contribution in [0.25, 0.3) is 21.9 Å². The maximum atomic E-state index is 9.24. The van der Waals surface area contributed by atoms with Gasteiger partial charge in [0.15, 0.2) is 0 Å². The summed E-state index contributed by atoms with van der Waals surface area (Å²) < 4.78 is 0. The third kappa shape index (κ3) is 2.41. The first-order chi connectivity index (χ1) is 10.2. The van der Waals surface area contributed by atoms with Crippen LogP contribution in [0.15, 0.2) is 24.4 Å². The molecule has 0 aliphatic rings. The van der Waals surface area contributed by atoms with E-state index in [1.54, 1.807) is 13.2 Å². The second-order valence-electron chi connectivity index (χ2n) is 4.78. The van der Waals surface area contributed by atoms with Gasteiger partial charge in [0, 0.05) is 26.3 Å². The summed E-state index contributed by atoms with van der Waals surface area (Å²) in [6, 6.07) is 5.68. The summed E-state index contributed by atoms with van der Waals surface area (Å²) in [5, 5.41) is 28.1. The fourth-order valence-electron chi connectivity index (χ4n) is 2.56. The fourth-order valence-corrected chi connectivity index (χ4v) is 2.56. The Bertz CT molecular complexity index is 764. The van der Waals surface area contributed by atoms with Gasteiger partial charge in [-0.3, -0.25) is 4.98 Å². The molecule has 3 aromatic rings. The minimum Gasteiger partial charge on any atom is -0.395 e. The van der Waals surface area contributed by atoms with Crippen molar-refractivity contribution in [2.75, 3.05) is 31.2 Å². The Morgan fingerprint density at radius 1 is 1.05 bits per heavy atom. The molecule has 0 aliphatic carbocycles. The van der Waals surface area contributed by atoms with E-state index in [9.17, 15) is 10.2 Å². The zero-order valence-corrected chi connectivity index (χ0v) is 11.8. The number of nitrogens with zero attached hydrogens (tertiary/aromatic N) is 5. The Morgan fingerprint density at radius 2 is 1.76 bits per heavy atom. The maximum absolute atomic E-state index is 9.24. The van der Waals surface area contributed by atoms with Crippen molar-refractivity contribution >= 4 is 27.6 Å². The van der Waals surface area contributed by atoms with Crippen molar-refractivity contribution in [3.63, 3.8) is 0 Å². The van der Waals surface area contributed by atoms with Gasteiger partial charge in [0.05, 0.1) is 29.8 Å².